The molecule has 0 amide bonds. The molecule has 2 aliphatic heterocycles. The Balaban J connectivity index is 2.01. The third kappa shape index (κ3) is 2.79. The Labute approximate surface area is 143 Å². The highest BCUT2D eigenvalue weighted by atomic mass is 16.5. The van der Waals surface area contributed by atoms with E-state index in [-0.39, 0.29) is 6.17 Å². The maximum Gasteiger partial charge on any atom is 0.207 e. The largest absolute Gasteiger partial charge is 0.493 e. The first-order valence-corrected chi connectivity index (χ1v) is 8.20. The molecule has 0 aromatic heterocycles. The summed E-state index contributed by atoms with van der Waals surface area (Å²) in [6.45, 7) is 6.10. The molecule has 1 aromatic carbocycles. The minimum Gasteiger partial charge on any atom is -0.493 e. The van der Waals surface area contributed by atoms with Gasteiger partial charge in [0.2, 0.25) is 5.96 Å². The fourth-order valence-electron chi connectivity index (χ4n) is 2.96. The van der Waals surface area contributed by atoms with Gasteiger partial charge in [-0.3, -0.25) is 4.90 Å². The standard InChI is InChI=1S/C18H24N4O2/c1-5-21(6-2)18-20-14(12-17-19-9-10-22(17)18)13-7-8-15(23-3)16(11-13)24-4/h7-12,17,19H,5-6H2,1-4H3. The van der Waals surface area contributed by atoms with Gasteiger partial charge in [0.05, 0.1) is 19.9 Å². The summed E-state index contributed by atoms with van der Waals surface area (Å²) in [5, 5.41) is 3.35. The molecular weight excluding hydrogens is 304 g/mol. The van der Waals surface area contributed by atoms with Gasteiger partial charge in [-0.2, -0.15) is 0 Å². The van der Waals surface area contributed by atoms with Crippen molar-refractivity contribution in [2.75, 3.05) is 27.3 Å². The quantitative estimate of drug-likeness (QED) is 0.900. The summed E-state index contributed by atoms with van der Waals surface area (Å²) in [4.78, 5) is 9.31. The number of hydrogen-bond donors (Lipinski definition) is 1. The van der Waals surface area contributed by atoms with Crippen molar-refractivity contribution in [3.05, 3.63) is 42.2 Å². The summed E-state index contributed by atoms with van der Waals surface area (Å²) in [5.74, 6) is 2.38. The van der Waals surface area contributed by atoms with Gasteiger partial charge in [-0.25, -0.2) is 4.99 Å². The maximum atomic E-state index is 5.42. The highest BCUT2D eigenvalue weighted by Crippen LogP contribution is 2.33. The van der Waals surface area contributed by atoms with E-state index in [1.54, 1.807) is 14.2 Å². The lowest BCUT2D eigenvalue weighted by Gasteiger charge is -2.35. The summed E-state index contributed by atoms with van der Waals surface area (Å²) in [5.41, 5.74) is 1.93. The maximum absolute atomic E-state index is 5.42. The van der Waals surface area contributed by atoms with Crippen molar-refractivity contribution in [2.24, 2.45) is 4.99 Å². The van der Waals surface area contributed by atoms with E-state index in [1.807, 2.05) is 30.6 Å². The molecule has 0 aliphatic carbocycles. The lowest BCUT2D eigenvalue weighted by atomic mass is 10.1. The number of guanidine groups is 1. The van der Waals surface area contributed by atoms with Crippen LogP contribution in [0.3, 0.4) is 0 Å². The second kappa shape index (κ2) is 6.86. The van der Waals surface area contributed by atoms with E-state index < -0.39 is 0 Å². The number of fused-ring (bicyclic) bond motifs is 1. The smallest absolute Gasteiger partial charge is 0.207 e. The van der Waals surface area contributed by atoms with Crippen LogP contribution < -0.4 is 14.8 Å². The van der Waals surface area contributed by atoms with Gasteiger partial charge in [0.15, 0.2) is 11.5 Å². The summed E-state index contributed by atoms with van der Waals surface area (Å²) >= 11 is 0. The molecule has 0 saturated heterocycles. The molecule has 0 radical (unpaired) electrons. The van der Waals surface area contributed by atoms with Crippen LogP contribution in [0.15, 0.2) is 41.7 Å². The van der Waals surface area contributed by atoms with E-state index in [0.717, 1.165) is 30.3 Å². The van der Waals surface area contributed by atoms with Crippen LogP contribution in [-0.4, -0.2) is 49.2 Å². The summed E-state index contributed by atoms with van der Waals surface area (Å²) in [7, 11) is 3.28. The topological polar surface area (TPSA) is 49.3 Å². The number of nitrogens with one attached hydrogen (secondary N) is 1. The normalized spacial score (nSPS) is 18.5. The fraction of sp³-hybridized carbons (Fsp3) is 0.389. The van der Waals surface area contributed by atoms with Crippen molar-refractivity contribution in [3.63, 3.8) is 0 Å². The zero-order valence-electron chi connectivity index (χ0n) is 14.6. The Morgan fingerprint density at radius 2 is 1.92 bits per heavy atom. The molecule has 2 heterocycles. The number of methoxy groups -OCH3 is 2. The van der Waals surface area contributed by atoms with E-state index in [2.05, 4.69) is 35.0 Å². The van der Waals surface area contributed by atoms with Gasteiger partial charge in [0.1, 0.15) is 6.17 Å². The van der Waals surface area contributed by atoms with Crippen LogP contribution in [0.1, 0.15) is 19.4 Å². The Hall–Kier alpha value is -2.63. The minimum absolute atomic E-state index is 0.0844. The van der Waals surface area contributed by atoms with Gasteiger partial charge in [0, 0.05) is 31.1 Å². The van der Waals surface area contributed by atoms with E-state index >= 15 is 0 Å². The van der Waals surface area contributed by atoms with Gasteiger partial charge in [-0.15, -0.1) is 0 Å². The van der Waals surface area contributed by atoms with E-state index in [9.17, 15) is 0 Å². The first-order valence-electron chi connectivity index (χ1n) is 8.20. The number of hydrogen-bond acceptors (Lipinski definition) is 6. The Morgan fingerprint density at radius 3 is 2.58 bits per heavy atom. The van der Waals surface area contributed by atoms with Crippen molar-refractivity contribution in [3.8, 4) is 11.5 Å². The van der Waals surface area contributed by atoms with Gasteiger partial charge in [0.25, 0.3) is 0 Å². The molecule has 1 atom stereocenters. The van der Waals surface area contributed by atoms with Crippen LogP contribution in [0.25, 0.3) is 5.70 Å². The van der Waals surface area contributed by atoms with Crippen LogP contribution >= 0.6 is 0 Å². The molecule has 1 N–H and O–H groups in total. The molecule has 2 aliphatic rings. The van der Waals surface area contributed by atoms with Crippen LogP contribution in [0, 0.1) is 0 Å². The van der Waals surface area contributed by atoms with Crippen molar-refractivity contribution in [1.29, 1.82) is 0 Å². The van der Waals surface area contributed by atoms with Gasteiger partial charge in [-0.1, -0.05) is 0 Å². The predicted octanol–water partition coefficient (Wildman–Crippen LogP) is 2.46. The summed E-state index contributed by atoms with van der Waals surface area (Å²) in [6.07, 6.45) is 6.19. The number of aliphatic imine (C=N–C) groups is 1. The van der Waals surface area contributed by atoms with Gasteiger partial charge in [-0.05, 0) is 38.1 Å². The molecule has 0 spiro atoms. The Kier molecular flexibility index (Phi) is 4.64. The van der Waals surface area contributed by atoms with Crippen molar-refractivity contribution in [2.45, 2.75) is 20.0 Å². The molecule has 0 saturated carbocycles. The average molecular weight is 328 g/mol. The number of ether oxygens (including phenoxy) is 2. The van der Waals surface area contributed by atoms with Crippen LogP contribution in [0.4, 0.5) is 0 Å². The fourth-order valence-corrected chi connectivity index (χ4v) is 2.96. The summed E-state index contributed by atoms with van der Waals surface area (Å²) < 4.78 is 10.7. The van der Waals surface area contributed by atoms with Crippen molar-refractivity contribution < 1.29 is 9.47 Å². The van der Waals surface area contributed by atoms with Crippen molar-refractivity contribution >= 4 is 11.7 Å². The monoisotopic (exact) mass is 328 g/mol. The summed E-state index contributed by atoms with van der Waals surface area (Å²) in [6, 6.07) is 5.88. The molecule has 3 rings (SSSR count). The zero-order chi connectivity index (χ0) is 17.1. The second-order valence-corrected chi connectivity index (χ2v) is 5.54. The van der Waals surface area contributed by atoms with Crippen LogP contribution in [-0.2, 0) is 0 Å². The van der Waals surface area contributed by atoms with E-state index in [4.69, 9.17) is 14.5 Å². The van der Waals surface area contributed by atoms with Gasteiger partial charge < -0.3 is 19.7 Å². The molecule has 24 heavy (non-hydrogen) atoms. The third-order valence-corrected chi connectivity index (χ3v) is 4.29. The lowest BCUT2D eigenvalue weighted by molar-refractivity contribution is 0.354. The Morgan fingerprint density at radius 1 is 1.17 bits per heavy atom. The molecule has 1 aromatic rings. The van der Waals surface area contributed by atoms with Gasteiger partial charge >= 0.3 is 0 Å². The first kappa shape index (κ1) is 16.2. The lowest BCUT2D eigenvalue weighted by Crippen LogP contribution is -2.48. The third-order valence-electron chi connectivity index (χ3n) is 4.29. The van der Waals surface area contributed by atoms with Crippen LogP contribution in [0.2, 0.25) is 0 Å². The van der Waals surface area contributed by atoms with E-state index in [1.165, 1.54) is 0 Å². The number of nitrogens with zero attached hydrogens (tertiary/aromatic N) is 3. The molecule has 0 fully saturated rings. The van der Waals surface area contributed by atoms with Crippen molar-refractivity contribution in [1.82, 2.24) is 15.1 Å². The number of rotatable bonds is 5. The molecule has 6 nitrogen and oxygen atoms in total. The Bertz CT molecular complexity index is 692. The molecule has 1 unspecified atom stereocenters. The van der Waals surface area contributed by atoms with E-state index in [0.29, 0.717) is 11.5 Å². The highest BCUT2D eigenvalue weighted by molar-refractivity contribution is 5.90. The SMILES string of the molecule is CCN(CC)C1=NC(c2ccc(OC)c(OC)c2)=CC2NC=CN12. The highest BCUT2D eigenvalue weighted by Gasteiger charge is 2.29. The zero-order valence-corrected chi connectivity index (χ0v) is 14.6. The number of benzene rings is 1. The van der Waals surface area contributed by atoms with Crippen LogP contribution in [0.5, 0.6) is 11.5 Å². The second-order valence-electron chi connectivity index (χ2n) is 5.54. The predicted molar refractivity (Wildman–Crippen MR) is 95.8 cm³/mol. The molecule has 6 heteroatoms. The molecule has 128 valence electrons. The average Bonchev–Trinajstić information content (AvgIpc) is 3.10. The minimum atomic E-state index is 0.0844. The first-order chi connectivity index (χ1) is 11.7. The molecule has 0 bridgehead atoms. The molecular formula is C18H24N4O2.